The first-order chi connectivity index (χ1) is 9.49. The van der Waals surface area contributed by atoms with Crippen molar-refractivity contribution in [3.05, 3.63) is 0 Å². The fourth-order valence-electron chi connectivity index (χ4n) is 2.10. The number of ether oxygens (including phenoxy) is 2. The molecule has 1 unspecified atom stereocenters. The second-order valence-electron chi connectivity index (χ2n) is 7.81. The molecule has 0 aromatic carbocycles. The largest absolute Gasteiger partial charge is 0.464 e. The summed E-state index contributed by atoms with van der Waals surface area (Å²) < 4.78 is 10.7. The van der Waals surface area contributed by atoms with Crippen LogP contribution in [0.5, 0.6) is 0 Å². The van der Waals surface area contributed by atoms with Crippen LogP contribution < -0.4 is 0 Å². The van der Waals surface area contributed by atoms with Crippen molar-refractivity contribution in [2.75, 3.05) is 13.2 Å². The third kappa shape index (κ3) is 6.50. The number of amides is 1. The molecule has 5 nitrogen and oxygen atoms in total. The van der Waals surface area contributed by atoms with Crippen LogP contribution in [0.3, 0.4) is 0 Å². The molecule has 0 saturated carbocycles. The van der Waals surface area contributed by atoms with E-state index in [9.17, 15) is 9.59 Å². The van der Waals surface area contributed by atoms with Crippen LogP contribution in [0.25, 0.3) is 0 Å². The molecule has 0 aromatic rings. The summed E-state index contributed by atoms with van der Waals surface area (Å²) in [4.78, 5) is 25.8. The molecule has 0 aliphatic carbocycles. The lowest BCUT2D eigenvalue weighted by Crippen LogP contribution is -2.44. The van der Waals surface area contributed by atoms with Gasteiger partial charge in [-0.2, -0.15) is 0 Å². The molecule has 0 aromatic heterocycles. The fourth-order valence-corrected chi connectivity index (χ4v) is 2.82. The van der Waals surface area contributed by atoms with E-state index in [2.05, 4.69) is 19.6 Å². The zero-order valence-electron chi connectivity index (χ0n) is 14.2. The van der Waals surface area contributed by atoms with Gasteiger partial charge in [-0.1, -0.05) is 19.6 Å². The van der Waals surface area contributed by atoms with Crippen LogP contribution in [0.1, 0.15) is 33.6 Å². The minimum atomic E-state index is -1.22. The molecule has 1 rings (SSSR count). The number of likely N-dealkylation sites (tertiary alicyclic amines) is 1. The smallest absolute Gasteiger partial charge is 0.411 e. The molecule has 1 fully saturated rings. The average Bonchev–Trinajstić information content (AvgIpc) is 2.73. The first-order valence-electron chi connectivity index (χ1n) is 7.66. The minimum Gasteiger partial charge on any atom is -0.464 e. The number of esters is 1. The predicted octanol–water partition coefficient (Wildman–Crippen LogP) is 3.27. The Hall–Kier alpha value is -1.04. The lowest BCUT2D eigenvalue weighted by Gasteiger charge is -2.27. The summed E-state index contributed by atoms with van der Waals surface area (Å²) in [7, 11) is -1.22. The standard InChI is InChI=1S/C15H29NO4Si/c1-15(2,3)20-14(18)16-9-7-8-12(16)13(17)19-10-11-21(4,5)6/h12H,7-11H2,1-6H3. The number of carbonyl (C=O) groups is 2. The highest BCUT2D eigenvalue weighted by molar-refractivity contribution is 6.76. The van der Waals surface area contributed by atoms with Gasteiger partial charge in [-0.3, -0.25) is 4.90 Å². The van der Waals surface area contributed by atoms with Gasteiger partial charge in [-0.05, 0) is 39.7 Å². The number of hydrogen-bond acceptors (Lipinski definition) is 4. The van der Waals surface area contributed by atoms with Gasteiger partial charge in [-0.25, -0.2) is 9.59 Å². The summed E-state index contributed by atoms with van der Waals surface area (Å²) in [6.45, 7) is 13.2. The Morgan fingerprint density at radius 2 is 1.86 bits per heavy atom. The van der Waals surface area contributed by atoms with E-state index in [1.807, 2.05) is 20.8 Å². The van der Waals surface area contributed by atoms with Gasteiger partial charge < -0.3 is 9.47 Å². The van der Waals surface area contributed by atoms with Crippen LogP contribution >= 0.6 is 0 Å². The van der Waals surface area contributed by atoms with Crippen molar-refractivity contribution in [3.63, 3.8) is 0 Å². The van der Waals surface area contributed by atoms with E-state index in [1.54, 1.807) is 0 Å². The van der Waals surface area contributed by atoms with Crippen molar-refractivity contribution in [3.8, 4) is 0 Å². The Kier molecular flexibility index (Phi) is 5.84. The van der Waals surface area contributed by atoms with Crippen LogP contribution in [-0.4, -0.2) is 49.8 Å². The van der Waals surface area contributed by atoms with Crippen LogP contribution in [0.2, 0.25) is 25.7 Å². The van der Waals surface area contributed by atoms with E-state index in [4.69, 9.17) is 9.47 Å². The zero-order chi connectivity index (χ0) is 16.3. The second-order valence-corrected chi connectivity index (χ2v) is 13.4. The van der Waals surface area contributed by atoms with Gasteiger partial charge in [0.05, 0.1) is 6.61 Å². The van der Waals surface area contributed by atoms with Crippen molar-refractivity contribution < 1.29 is 19.1 Å². The van der Waals surface area contributed by atoms with E-state index >= 15 is 0 Å². The second kappa shape index (κ2) is 6.81. The molecule has 122 valence electrons. The van der Waals surface area contributed by atoms with Gasteiger partial charge in [0.25, 0.3) is 0 Å². The molecule has 1 saturated heterocycles. The summed E-state index contributed by atoms with van der Waals surface area (Å²) >= 11 is 0. The summed E-state index contributed by atoms with van der Waals surface area (Å²) in [6, 6.07) is 0.458. The van der Waals surface area contributed by atoms with Gasteiger partial charge in [0.2, 0.25) is 0 Å². The third-order valence-electron chi connectivity index (χ3n) is 3.25. The maximum atomic E-state index is 12.2. The Labute approximate surface area is 129 Å². The van der Waals surface area contributed by atoms with Crippen LogP contribution in [0.15, 0.2) is 0 Å². The lowest BCUT2D eigenvalue weighted by atomic mass is 10.2. The monoisotopic (exact) mass is 315 g/mol. The van der Waals surface area contributed by atoms with Gasteiger partial charge >= 0.3 is 12.1 Å². The highest BCUT2D eigenvalue weighted by Crippen LogP contribution is 2.22. The number of nitrogens with zero attached hydrogens (tertiary/aromatic N) is 1. The predicted molar refractivity (Wildman–Crippen MR) is 85.1 cm³/mol. The molecule has 1 aliphatic rings. The molecule has 0 spiro atoms. The van der Waals surface area contributed by atoms with Gasteiger partial charge in [0.1, 0.15) is 11.6 Å². The quantitative estimate of drug-likeness (QED) is 0.590. The third-order valence-corrected chi connectivity index (χ3v) is 4.95. The van der Waals surface area contributed by atoms with Crippen LogP contribution in [0, 0.1) is 0 Å². The molecule has 6 heteroatoms. The SMILES string of the molecule is CC(C)(C)OC(=O)N1CCCC1C(=O)OCC[Si](C)(C)C. The van der Waals surface area contributed by atoms with Gasteiger partial charge in [0, 0.05) is 14.6 Å². The fraction of sp³-hybridized carbons (Fsp3) is 0.867. The zero-order valence-corrected chi connectivity index (χ0v) is 15.2. The molecule has 1 amide bonds. The maximum absolute atomic E-state index is 12.2. The molecule has 0 N–H and O–H groups in total. The van der Waals surface area contributed by atoms with Crippen molar-refractivity contribution in [1.29, 1.82) is 0 Å². The molecular formula is C15H29NO4Si. The molecular weight excluding hydrogens is 286 g/mol. The van der Waals surface area contributed by atoms with Crippen LogP contribution in [0.4, 0.5) is 4.79 Å². The van der Waals surface area contributed by atoms with E-state index < -0.39 is 25.8 Å². The molecule has 0 radical (unpaired) electrons. The van der Waals surface area contributed by atoms with E-state index in [0.29, 0.717) is 19.6 Å². The highest BCUT2D eigenvalue weighted by atomic mass is 28.3. The van der Waals surface area contributed by atoms with Crippen molar-refractivity contribution in [1.82, 2.24) is 4.90 Å². The van der Waals surface area contributed by atoms with Gasteiger partial charge in [-0.15, -0.1) is 0 Å². The maximum Gasteiger partial charge on any atom is 0.411 e. The number of carbonyl (C=O) groups excluding carboxylic acids is 2. The average molecular weight is 315 g/mol. The molecule has 1 heterocycles. The van der Waals surface area contributed by atoms with E-state index in [0.717, 1.165) is 12.5 Å². The lowest BCUT2D eigenvalue weighted by molar-refractivity contribution is -0.148. The topological polar surface area (TPSA) is 55.8 Å². The minimum absolute atomic E-state index is 0.295. The Balaban J connectivity index is 2.52. The first kappa shape index (κ1) is 18.0. The molecule has 21 heavy (non-hydrogen) atoms. The Bertz CT molecular complexity index is 384. The molecule has 1 aliphatic heterocycles. The summed E-state index contributed by atoms with van der Waals surface area (Å²) in [6.07, 6.45) is 1.05. The summed E-state index contributed by atoms with van der Waals surface area (Å²) in [5.41, 5.74) is -0.550. The van der Waals surface area contributed by atoms with Crippen molar-refractivity contribution in [2.45, 2.75) is 70.9 Å². The van der Waals surface area contributed by atoms with Gasteiger partial charge in [0.15, 0.2) is 0 Å². The summed E-state index contributed by atoms with van der Waals surface area (Å²) in [5.74, 6) is -0.295. The highest BCUT2D eigenvalue weighted by Gasteiger charge is 2.37. The normalized spacial score (nSPS) is 19.5. The number of rotatable bonds is 4. The Morgan fingerprint density at radius 3 is 2.38 bits per heavy atom. The number of hydrogen-bond donors (Lipinski definition) is 0. The first-order valence-corrected chi connectivity index (χ1v) is 11.4. The van der Waals surface area contributed by atoms with E-state index in [1.165, 1.54) is 4.90 Å². The summed E-state index contributed by atoms with van der Waals surface area (Å²) in [5, 5.41) is 0. The van der Waals surface area contributed by atoms with Crippen molar-refractivity contribution >= 4 is 20.1 Å². The molecule has 1 atom stereocenters. The molecule has 0 bridgehead atoms. The Morgan fingerprint density at radius 1 is 1.24 bits per heavy atom. The van der Waals surface area contributed by atoms with Crippen LogP contribution in [-0.2, 0) is 14.3 Å². The van der Waals surface area contributed by atoms with Crippen molar-refractivity contribution in [2.24, 2.45) is 0 Å². The van der Waals surface area contributed by atoms with E-state index in [-0.39, 0.29) is 5.97 Å².